The zero-order valence-electron chi connectivity index (χ0n) is 7.69. The fraction of sp³-hybridized carbons (Fsp3) is 0.222. The van der Waals surface area contributed by atoms with E-state index in [0.717, 1.165) is 0 Å². The number of alkyl halides is 1. The molecule has 1 rings (SSSR count). The minimum atomic E-state index is -0.347. The molecule has 0 aliphatic heterocycles. The van der Waals surface area contributed by atoms with Gasteiger partial charge in [0.25, 0.3) is 0 Å². The summed E-state index contributed by atoms with van der Waals surface area (Å²) < 4.78 is 0. The number of benzene rings is 1. The van der Waals surface area contributed by atoms with Gasteiger partial charge in [0, 0.05) is 17.4 Å². The van der Waals surface area contributed by atoms with Crippen LogP contribution in [-0.4, -0.2) is 18.5 Å². The molecule has 0 aromatic heterocycles. The van der Waals surface area contributed by atoms with Crippen molar-refractivity contribution in [2.24, 2.45) is 0 Å². The Bertz CT molecular complexity index is 357. The van der Waals surface area contributed by atoms with Gasteiger partial charge in [-0.05, 0) is 18.2 Å². The molecule has 0 saturated heterocycles. The van der Waals surface area contributed by atoms with Crippen LogP contribution in [0.5, 0.6) is 0 Å². The van der Waals surface area contributed by atoms with Crippen LogP contribution in [-0.2, 0) is 0 Å². The number of anilines is 1. The molecular formula is C9H9Cl3N2O. The molecule has 82 valence electrons. The zero-order valence-corrected chi connectivity index (χ0v) is 9.96. The second-order valence-corrected chi connectivity index (χ2v) is 3.92. The average Bonchev–Trinajstić information content (AvgIpc) is 2.19. The van der Waals surface area contributed by atoms with Crippen molar-refractivity contribution < 1.29 is 4.79 Å². The van der Waals surface area contributed by atoms with Crippen molar-refractivity contribution in [3.8, 4) is 0 Å². The third-order valence-corrected chi connectivity index (χ3v) is 2.30. The summed E-state index contributed by atoms with van der Waals surface area (Å²) in [6, 6.07) is 4.48. The molecule has 1 aromatic rings. The van der Waals surface area contributed by atoms with Crippen molar-refractivity contribution in [3.63, 3.8) is 0 Å². The molecule has 2 N–H and O–H groups in total. The highest BCUT2D eigenvalue weighted by atomic mass is 35.5. The lowest BCUT2D eigenvalue weighted by atomic mass is 10.3. The zero-order chi connectivity index (χ0) is 11.3. The van der Waals surface area contributed by atoms with Gasteiger partial charge in [0.15, 0.2) is 0 Å². The van der Waals surface area contributed by atoms with E-state index < -0.39 is 0 Å². The maximum atomic E-state index is 11.2. The second kappa shape index (κ2) is 6.05. The lowest BCUT2D eigenvalue weighted by Gasteiger charge is -2.07. The van der Waals surface area contributed by atoms with Crippen LogP contribution in [0.15, 0.2) is 18.2 Å². The number of hydrogen-bond donors (Lipinski definition) is 2. The van der Waals surface area contributed by atoms with Crippen molar-refractivity contribution in [1.82, 2.24) is 5.32 Å². The van der Waals surface area contributed by atoms with E-state index in [0.29, 0.717) is 28.2 Å². The molecule has 0 radical (unpaired) electrons. The molecule has 15 heavy (non-hydrogen) atoms. The third kappa shape index (κ3) is 4.16. The first kappa shape index (κ1) is 12.4. The predicted octanol–water partition coefficient (Wildman–Crippen LogP) is 3.35. The number of halogens is 3. The van der Waals surface area contributed by atoms with E-state index in [1.54, 1.807) is 18.2 Å². The van der Waals surface area contributed by atoms with E-state index in [-0.39, 0.29) is 6.03 Å². The Balaban J connectivity index is 2.60. The first-order valence-electron chi connectivity index (χ1n) is 4.19. The van der Waals surface area contributed by atoms with E-state index in [9.17, 15) is 4.79 Å². The number of hydrogen-bond acceptors (Lipinski definition) is 1. The van der Waals surface area contributed by atoms with Crippen LogP contribution in [0, 0.1) is 0 Å². The SMILES string of the molecule is O=C(NCCCl)Nc1ccc(Cl)cc1Cl. The largest absolute Gasteiger partial charge is 0.337 e. The number of nitrogens with one attached hydrogen (secondary N) is 2. The number of carbonyl (C=O) groups is 1. The van der Waals surface area contributed by atoms with Crippen molar-refractivity contribution in [3.05, 3.63) is 28.2 Å². The van der Waals surface area contributed by atoms with Crippen LogP contribution in [0.1, 0.15) is 0 Å². The van der Waals surface area contributed by atoms with Crippen LogP contribution < -0.4 is 10.6 Å². The summed E-state index contributed by atoms with van der Waals surface area (Å²) in [5.41, 5.74) is 0.508. The molecule has 0 unspecified atom stereocenters. The standard InChI is InChI=1S/C9H9Cl3N2O/c10-3-4-13-9(15)14-8-2-1-6(11)5-7(8)12/h1-2,5H,3-4H2,(H2,13,14,15). The van der Waals surface area contributed by atoms with Gasteiger partial charge in [-0.1, -0.05) is 23.2 Å². The summed E-state index contributed by atoms with van der Waals surface area (Å²) in [6.07, 6.45) is 0. The van der Waals surface area contributed by atoms with Crippen LogP contribution in [0.2, 0.25) is 10.0 Å². The lowest BCUT2D eigenvalue weighted by Crippen LogP contribution is -2.30. The molecule has 0 aliphatic carbocycles. The molecule has 0 fully saturated rings. The first-order chi connectivity index (χ1) is 7.13. The van der Waals surface area contributed by atoms with Crippen LogP contribution in [0.3, 0.4) is 0 Å². The van der Waals surface area contributed by atoms with Crippen molar-refractivity contribution in [2.75, 3.05) is 17.7 Å². The second-order valence-electron chi connectivity index (χ2n) is 2.69. The Morgan fingerprint density at radius 3 is 2.67 bits per heavy atom. The van der Waals surface area contributed by atoms with E-state index in [1.807, 2.05) is 0 Å². The number of amides is 2. The van der Waals surface area contributed by atoms with Crippen LogP contribution >= 0.6 is 34.8 Å². The fourth-order valence-corrected chi connectivity index (χ4v) is 1.47. The molecule has 0 aliphatic rings. The molecule has 1 aromatic carbocycles. The Labute approximate surface area is 103 Å². The molecule has 2 amide bonds. The molecule has 0 saturated carbocycles. The van der Waals surface area contributed by atoms with Gasteiger partial charge in [0.2, 0.25) is 0 Å². The summed E-state index contributed by atoms with van der Waals surface area (Å²) in [5, 5.41) is 6.03. The van der Waals surface area contributed by atoms with Crippen molar-refractivity contribution >= 4 is 46.5 Å². The van der Waals surface area contributed by atoms with Gasteiger partial charge in [-0.15, -0.1) is 11.6 Å². The molecule has 0 spiro atoms. The quantitative estimate of drug-likeness (QED) is 0.810. The maximum absolute atomic E-state index is 11.2. The smallest absolute Gasteiger partial charge is 0.319 e. The fourth-order valence-electron chi connectivity index (χ4n) is 0.918. The van der Waals surface area contributed by atoms with Gasteiger partial charge in [-0.25, -0.2) is 4.79 Å². The molecule has 0 bridgehead atoms. The Kier molecular flexibility index (Phi) is 5.02. The normalized spacial score (nSPS) is 9.80. The van der Waals surface area contributed by atoms with Gasteiger partial charge in [-0.2, -0.15) is 0 Å². The number of rotatable bonds is 3. The Morgan fingerprint density at radius 2 is 2.07 bits per heavy atom. The molecule has 0 heterocycles. The van der Waals surface area contributed by atoms with Gasteiger partial charge >= 0.3 is 6.03 Å². The van der Waals surface area contributed by atoms with Crippen LogP contribution in [0.25, 0.3) is 0 Å². The molecular weight excluding hydrogens is 258 g/mol. The predicted molar refractivity (Wildman–Crippen MR) is 64.2 cm³/mol. The Hall–Kier alpha value is -0.640. The topological polar surface area (TPSA) is 41.1 Å². The minimum absolute atomic E-state index is 0.347. The summed E-state index contributed by atoms with van der Waals surface area (Å²) in [5.74, 6) is 0.363. The van der Waals surface area contributed by atoms with Crippen LogP contribution in [0.4, 0.5) is 10.5 Å². The summed E-state index contributed by atoms with van der Waals surface area (Å²) in [4.78, 5) is 11.2. The van der Waals surface area contributed by atoms with Crippen molar-refractivity contribution in [1.29, 1.82) is 0 Å². The number of urea groups is 1. The highest BCUT2D eigenvalue weighted by molar-refractivity contribution is 6.36. The molecule has 6 heteroatoms. The van der Waals surface area contributed by atoms with Crippen molar-refractivity contribution in [2.45, 2.75) is 0 Å². The summed E-state index contributed by atoms with van der Waals surface area (Å²) in [7, 11) is 0. The molecule has 0 atom stereocenters. The minimum Gasteiger partial charge on any atom is -0.337 e. The van der Waals surface area contributed by atoms with E-state index >= 15 is 0 Å². The average molecular weight is 268 g/mol. The van der Waals surface area contributed by atoms with Gasteiger partial charge in [0.05, 0.1) is 10.7 Å². The Morgan fingerprint density at radius 1 is 1.33 bits per heavy atom. The molecule has 3 nitrogen and oxygen atoms in total. The van der Waals surface area contributed by atoms with E-state index in [4.69, 9.17) is 34.8 Å². The van der Waals surface area contributed by atoms with E-state index in [2.05, 4.69) is 10.6 Å². The van der Waals surface area contributed by atoms with Gasteiger partial charge in [0.1, 0.15) is 0 Å². The lowest BCUT2D eigenvalue weighted by molar-refractivity contribution is 0.252. The monoisotopic (exact) mass is 266 g/mol. The van der Waals surface area contributed by atoms with Gasteiger partial charge in [-0.3, -0.25) is 0 Å². The van der Waals surface area contributed by atoms with Gasteiger partial charge < -0.3 is 10.6 Å². The maximum Gasteiger partial charge on any atom is 0.319 e. The highest BCUT2D eigenvalue weighted by Gasteiger charge is 2.04. The first-order valence-corrected chi connectivity index (χ1v) is 5.48. The highest BCUT2D eigenvalue weighted by Crippen LogP contribution is 2.25. The summed E-state index contributed by atoms with van der Waals surface area (Å²) >= 11 is 17.0. The summed E-state index contributed by atoms with van der Waals surface area (Å²) in [6.45, 7) is 0.401. The number of carbonyl (C=O) groups excluding carboxylic acids is 1. The third-order valence-electron chi connectivity index (χ3n) is 1.56. The van der Waals surface area contributed by atoms with E-state index in [1.165, 1.54) is 0 Å².